The molecule has 8 heteroatoms. The second kappa shape index (κ2) is 8.02. The molecule has 3 heterocycles. The van der Waals surface area contributed by atoms with E-state index in [-0.39, 0.29) is 17.9 Å². The standard InChI is InChI=1S/C23H18ClN5OS/c1-14-4-6-16(7-5-14)19-13-18(15-8-10-17(24)11-9-15)25-23-27-22(28-29(19)23)26-21(30)20-3-2-12-31-20/h2-13,19H,1H3,(H2,25,26,27,28,30)/t19-/m1/s1. The molecule has 0 radical (unpaired) electrons. The number of hydrogen-bond acceptors (Lipinski definition) is 5. The Morgan fingerprint density at radius 3 is 2.61 bits per heavy atom. The topological polar surface area (TPSA) is 71.8 Å². The number of hydrogen-bond donors (Lipinski definition) is 2. The summed E-state index contributed by atoms with van der Waals surface area (Å²) in [5, 5.41) is 13.2. The van der Waals surface area contributed by atoms with Crippen molar-refractivity contribution in [2.45, 2.75) is 13.0 Å². The number of benzene rings is 2. The number of allylic oxidation sites excluding steroid dienone is 1. The highest BCUT2D eigenvalue weighted by Gasteiger charge is 2.26. The Bertz CT molecular complexity index is 1260. The molecule has 6 nitrogen and oxygen atoms in total. The number of nitrogens with zero attached hydrogens (tertiary/aromatic N) is 3. The highest BCUT2D eigenvalue weighted by atomic mass is 35.5. The van der Waals surface area contributed by atoms with Crippen molar-refractivity contribution in [2.24, 2.45) is 0 Å². The van der Waals surface area contributed by atoms with E-state index in [1.165, 1.54) is 16.9 Å². The Hall–Kier alpha value is -3.42. The molecule has 1 atom stereocenters. The zero-order valence-corrected chi connectivity index (χ0v) is 18.1. The first kappa shape index (κ1) is 19.5. The fourth-order valence-corrected chi connectivity index (χ4v) is 4.16. The lowest BCUT2D eigenvalue weighted by molar-refractivity contribution is 0.102. The van der Waals surface area contributed by atoms with E-state index in [1.807, 2.05) is 35.7 Å². The van der Waals surface area contributed by atoms with Crippen molar-refractivity contribution in [2.75, 3.05) is 10.6 Å². The minimum absolute atomic E-state index is 0.178. The average molecular weight is 448 g/mol. The molecule has 31 heavy (non-hydrogen) atoms. The number of carbonyl (C=O) groups is 1. The first-order valence-corrected chi connectivity index (χ1v) is 11.0. The molecule has 0 unspecified atom stereocenters. The summed E-state index contributed by atoms with van der Waals surface area (Å²) in [6.07, 6.45) is 2.10. The van der Waals surface area contributed by atoms with Gasteiger partial charge in [0.25, 0.3) is 11.9 Å². The van der Waals surface area contributed by atoms with Crippen molar-refractivity contribution in [1.82, 2.24) is 14.8 Å². The number of rotatable bonds is 4. The molecule has 0 aliphatic carbocycles. The summed E-state index contributed by atoms with van der Waals surface area (Å²) in [6, 6.07) is 19.4. The molecule has 1 amide bonds. The summed E-state index contributed by atoms with van der Waals surface area (Å²) < 4.78 is 1.79. The van der Waals surface area contributed by atoms with Gasteiger partial charge >= 0.3 is 0 Å². The molecule has 5 rings (SSSR count). The Morgan fingerprint density at radius 2 is 1.90 bits per heavy atom. The molecule has 2 aromatic heterocycles. The number of halogens is 1. The van der Waals surface area contributed by atoms with E-state index in [4.69, 9.17) is 11.6 Å². The summed E-state index contributed by atoms with van der Waals surface area (Å²) in [6.45, 7) is 2.06. The molecule has 0 bridgehead atoms. The van der Waals surface area contributed by atoms with Crippen LogP contribution in [-0.4, -0.2) is 20.7 Å². The van der Waals surface area contributed by atoms with Crippen LogP contribution in [0.3, 0.4) is 0 Å². The van der Waals surface area contributed by atoms with Crippen LogP contribution in [0.2, 0.25) is 5.02 Å². The van der Waals surface area contributed by atoms with Crippen LogP contribution in [0.25, 0.3) is 5.70 Å². The monoisotopic (exact) mass is 447 g/mol. The van der Waals surface area contributed by atoms with Crippen molar-refractivity contribution < 1.29 is 4.79 Å². The van der Waals surface area contributed by atoms with Gasteiger partial charge in [0.2, 0.25) is 5.95 Å². The second-order valence-electron chi connectivity index (χ2n) is 7.20. The third-order valence-electron chi connectivity index (χ3n) is 5.01. The summed E-state index contributed by atoms with van der Waals surface area (Å²) in [7, 11) is 0. The van der Waals surface area contributed by atoms with Crippen LogP contribution in [0.5, 0.6) is 0 Å². The van der Waals surface area contributed by atoms with Gasteiger partial charge in [-0.2, -0.15) is 4.98 Å². The lowest BCUT2D eigenvalue weighted by Crippen LogP contribution is -2.20. The number of fused-ring (bicyclic) bond motifs is 1. The van der Waals surface area contributed by atoms with Gasteiger partial charge in [-0.1, -0.05) is 59.6 Å². The largest absolute Gasteiger partial charge is 0.324 e. The number of carbonyl (C=O) groups excluding carboxylic acids is 1. The summed E-state index contributed by atoms with van der Waals surface area (Å²) in [4.78, 5) is 17.6. The van der Waals surface area contributed by atoms with E-state index in [0.29, 0.717) is 15.8 Å². The summed E-state index contributed by atoms with van der Waals surface area (Å²) >= 11 is 7.43. The van der Waals surface area contributed by atoms with Gasteiger partial charge in [-0.15, -0.1) is 16.4 Å². The Balaban J connectivity index is 1.53. The first-order valence-electron chi connectivity index (χ1n) is 9.69. The van der Waals surface area contributed by atoms with Crippen LogP contribution in [0, 0.1) is 6.92 Å². The van der Waals surface area contributed by atoms with E-state index in [0.717, 1.165) is 16.8 Å². The molecule has 1 aliphatic heterocycles. The maximum absolute atomic E-state index is 12.5. The van der Waals surface area contributed by atoms with Crippen LogP contribution in [0.15, 0.2) is 72.1 Å². The van der Waals surface area contributed by atoms with E-state index in [9.17, 15) is 4.79 Å². The maximum Gasteiger partial charge on any atom is 0.268 e. The zero-order chi connectivity index (χ0) is 21.4. The highest BCUT2D eigenvalue weighted by Crippen LogP contribution is 2.33. The molecule has 1 aliphatic rings. The van der Waals surface area contributed by atoms with Gasteiger partial charge in [0.1, 0.15) is 6.04 Å². The number of nitrogens with one attached hydrogen (secondary N) is 2. The van der Waals surface area contributed by atoms with Crippen LogP contribution < -0.4 is 10.6 Å². The Kier molecular flexibility index (Phi) is 5.05. The van der Waals surface area contributed by atoms with Gasteiger partial charge in [0.05, 0.1) is 4.88 Å². The fourth-order valence-electron chi connectivity index (χ4n) is 3.42. The number of anilines is 2. The van der Waals surface area contributed by atoms with Gasteiger partial charge < -0.3 is 5.32 Å². The lowest BCUT2D eigenvalue weighted by Gasteiger charge is -2.24. The second-order valence-corrected chi connectivity index (χ2v) is 8.59. The Morgan fingerprint density at radius 1 is 1.13 bits per heavy atom. The van der Waals surface area contributed by atoms with E-state index in [2.05, 4.69) is 58.0 Å². The Labute approximate surface area is 188 Å². The molecule has 2 aromatic carbocycles. The molecule has 0 fully saturated rings. The van der Waals surface area contributed by atoms with Crippen molar-refractivity contribution in [1.29, 1.82) is 0 Å². The molecule has 0 saturated carbocycles. The van der Waals surface area contributed by atoms with Crippen LogP contribution >= 0.6 is 22.9 Å². The van der Waals surface area contributed by atoms with Gasteiger partial charge in [0.15, 0.2) is 0 Å². The van der Waals surface area contributed by atoms with Crippen molar-refractivity contribution >= 4 is 46.4 Å². The fraction of sp³-hybridized carbons (Fsp3) is 0.0870. The average Bonchev–Trinajstić information content (AvgIpc) is 3.44. The SMILES string of the molecule is Cc1ccc([C@H]2C=C(c3ccc(Cl)cc3)Nc3nc(NC(=O)c4cccs4)nn32)cc1. The third kappa shape index (κ3) is 3.97. The van der Waals surface area contributed by atoms with E-state index < -0.39 is 0 Å². The number of amides is 1. The van der Waals surface area contributed by atoms with Crippen LogP contribution in [0.1, 0.15) is 32.4 Å². The number of aromatic nitrogens is 3. The molecular formula is C23H18ClN5OS. The number of thiophene rings is 1. The molecular weight excluding hydrogens is 430 g/mol. The number of aryl methyl sites for hydroxylation is 1. The van der Waals surface area contributed by atoms with Gasteiger partial charge in [-0.25, -0.2) is 4.68 Å². The van der Waals surface area contributed by atoms with Gasteiger partial charge in [-0.3, -0.25) is 10.1 Å². The maximum atomic E-state index is 12.5. The van der Waals surface area contributed by atoms with Crippen molar-refractivity contribution in [3.05, 3.63) is 98.7 Å². The van der Waals surface area contributed by atoms with Gasteiger partial charge in [0, 0.05) is 10.7 Å². The van der Waals surface area contributed by atoms with Crippen molar-refractivity contribution in [3.63, 3.8) is 0 Å². The first-order chi connectivity index (χ1) is 15.1. The molecule has 0 spiro atoms. The van der Waals surface area contributed by atoms with Gasteiger partial charge in [-0.05, 0) is 47.7 Å². The highest BCUT2D eigenvalue weighted by molar-refractivity contribution is 7.12. The normalized spacial score (nSPS) is 15.0. The lowest BCUT2D eigenvalue weighted by atomic mass is 10.0. The molecule has 0 saturated heterocycles. The van der Waals surface area contributed by atoms with Crippen molar-refractivity contribution in [3.8, 4) is 0 Å². The predicted molar refractivity (Wildman–Crippen MR) is 125 cm³/mol. The summed E-state index contributed by atoms with van der Waals surface area (Å²) in [5.74, 6) is 0.582. The minimum atomic E-state index is -0.226. The predicted octanol–water partition coefficient (Wildman–Crippen LogP) is 5.61. The quantitative estimate of drug-likeness (QED) is 0.426. The third-order valence-corrected chi connectivity index (χ3v) is 6.13. The van der Waals surface area contributed by atoms with E-state index in [1.54, 1.807) is 10.7 Å². The zero-order valence-electron chi connectivity index (χ0n) is 16.5. The molecule has 154 valence electrons. The van der Waals surface area contributed by atoms with Crippen LogP contribution in [-0.2, 0) is 0 Å². The molecule has 4 aromatic rings. The smallest absolute Gasteiger partial charge is 0.268 e. The summed E-state index contributed by atoms with van der Waals surface area (Å²) in [5.41, 5.74) is 4.14. The van der Waals surface area contributed by atoms with Crippen LogP contribution in [0.4, 0.5) is 11.9 Å². The minimum Gasteiger partial charge on any atom is -0.324 e. The van der Waals surface area contributed by atoms with E-state index >= 15 is 0 Å². The molecule has 2 N–H and O–H groups in total.